The Kier molecular flexibility index (Phi) is 5.19. The van der Waals surface area contributed by atoms with Gasteiger partial charge in [0.25, 0.3) is 15.9 Å². The molecule has 0 aliphatic heterocycles. The average molecular weight is 471 g/mol. The highest BCUT2D eigenvalue weighted by atomic mass is 79.9. The molecule has 1 fully saturated rings. The second kappa shape index (κ2) is 7.65. The van der Waals surface area contributed by atoms with Gasteiger partial charge < -0.3 is 5.32 Å². The molecule has 4 rings (SSSR count). The second-order valence-electron chi connectivity index (χ2n) is 7.04. The molecule has 3 aromatic carbocycles. The number of sulfonamides is 1. The van der Waals surface area contributed by atoms with E-state index in [4.69, 9.17) is 0 Å². The van der Waals surface area contributed by atoms with Crippen LogP contribution in [0.25, 0.3) is 0 Å². The number of anilines is 1. The van der Waals surface area contributed by atoms with Gasteiger partial charge in [-0.3, -0.25) is 9.52 Å². The Hall–Kier alpha value is -2.64. The molecule has 0 aromatic heterocycles. The fourth-order valence-corrected chi connectivity index (χ4v) is 4.52. The highest BCUT2D eigenvalue weighted by Crippen LogP contribution is 2.45. The average Bonchev–Trinajstić information content (AvgIpc) is 3.50. The van der Waals surface area contributed by atoms with Crippen molar-refractivity contribution in [2.75, 3.05) is 4.72 Å². The van der Waals surface area contributed by atoms with E-state index in [-0.39, 0.29) is 16.3 Å². The molecule has 3 aromatic rings. The number of benzene rings is 3. The zero-order valence-electron chi connectivity index (χ0n) is 15.4. The van der Waals surface area contributed by atoms with Crippen LogP contribution < -0.4 is 10.0 Å². The number of hydrogen-bond acceptors (Lipinski definition) is 3. The largest absolute Gasteiger partial charge is 0.343 e. The summed E-state index contributed by atoms with van der Waals surface area (Å²) < 4.78 is 28.3. The Morgan fingerprint density at radius 1 is 0.862 bits per heavy atom. The summed E-state index contributed by atoms with van der Waals surface area (Å²) in [6.07, 6.45) is 1.80. The van der Waals surface area contributed by atoms with Crippen molar-refractivity contribution in [2.24, 2.45) is 0 Å². The number of nitrogens with one attached hydrogen (secondary N) is 2. The van der Waals surface area contributed by atoms with E-state index in [1.165, 1.54) is 12.1 Å². The lowest BCUT2D eigenvalue weighted by Gasteiger charge is -2.18. The van der Waals surface area contributed by atoms with Gasteiger partial charge in [0.2, 0.25) is 0 Å². The van der Waals surface area contributed by atoms with Crippen molar-refractivity contribution >= 4 is 37.5 Å². The predicted octanol–water partition coefficient (Wildman–Crippen LogP) is 4.67. The van der Waals surface area contributed by atoms with Gasteiger partial charge in [-0.15, -0.1) is 0 Å². The molecule has 5 nitrogen and oxygen atoms in total. The maximum Gasteiger partial charge on any atom is 0.261 e. The molecular formula is C22H19BrN2O3S. The minimum Gasteiger partial charge on any atom is -0.343 e. The number of hydrogen-bond donors (Lipinski definition) is 2. The molecule has 0 unspecified atom stereocenters. The first-order valence-electron chi connectivity index (χ1n) is 9.15. The van der Waals surface area contributed by atoms with Crippen LogP contribution in [0.2, 0.25) is 0 Å². The third kappa shape index (κ3) is 4.36. The maximum absolute atomic E-state index is 12.7. The molecule has 0 spiro atoms. The zero-order chi connectivity index (χ0) is 20.5. The highest BCUT2D eigenvalue weighted by molar-refractivity contribution is 9.10. The van der Waals surface area contributed by atoms with E-state index in [0.717, 1.165) is 22.9 Å². The Bertz CT molecular complexity index is 1120. The quantitative estimate of drug-likeness (QED) is 0.549. The Morgan fingerprint density at radius 2 is 1.48 bits per heavy atom. The lowest BCUT2D eigenvalue weighted by Crippen LogP contribution is -2.34. The van der Waals surface area contributed by atoms with Crippen molar-refractivity contribution in [3.05, 3.63) is 94.5 Å². The van der Waals surface area contributed by atoms with Crippen molar-refractivity contribution in [3.63, 3.8) is 0 Å². The van der Waals surface area contributed by atoms with Crippen molar-refractivity contribution in [2.45, 2.75) is 23.3 Å². The first-order chi connectivity index (χ1) is 13.9. The van der Waals surface area contributed by atoms with Crippen LogP contribution in [0.3, 0.4) is 0 Å². The van der Waals surface area contributed by atoms with Gasteiger partial charge in [-0.25, -0.2) is 8.42 Å². The molecule has 148 valence electrons. The fraction of sp³-hybridized carbons (Fsp3) is 0.136. The van der Waals surface area contributed by atoms with Crippen molar-refractivity contribution in [1.29, 1.82) is 0 Å². The highest BCUT2D eigenvalue weighted by Gasteiger charge is 2.45. The van der Waals surface area contributed by atoms with E-state index in [2.05, 4.69) is 26.0 Å². The Labute approximate surface area is 178 Å². The van der Waals surface area contributed by atoms with Gasteiger partial charge in [-0.1, -0.05) is 46.3 Å². The van der Waals surface area contributed by atoms with Crippen LogP contribution in [0.15, 0.2) is 88.2 Å². The van der Waals surface area contributed by atoms with Crippen molar-refractivity contribution in [3.8, 4) is 0 Å². The number of amides is 1. The lowest BCUT2D eigenvalue weighted by molar-refractivity contribution is 0.0931. The van der Waals surface area contributed by atoms with Crippen molar-refractivity contribution in [1.82, 2.24) is 5.32 Å². The standard InChI is InChI=1S/C22H19BrN2O3S/c23-18-10-8-17(9-11-18)22(14-15-22)24-21(26)16-6-12-19(13-7-16)25-29(27,28)20-4-2-1-3-5-20/h1-13,25H,14-15H2,(H,24,26). The summed E-state index contributed by atoms with van der Waals surface area (Å²) >= 11 is 3.43. The third-order valence-electron chi connectivity index (χ3n) is 4.95. The molecule has 1 aliphatic carbocycles. The molecule has 1 saturated carbocycles. The van der Waals surface area contributed by atoms with Gasteiger partial charge in [-0.05, 0) is 66.9 Å². The molecule has 2 N–H and O–H groups in total. The van der Waals surface area contributed by atoms with Gasteiger partial charge in [0.05, 0.1) is 10.4 Å². The number of carbonyl (C=O) groups excluding carboxylic acids is 1. The monoisotopic (exact) mass is 470 g/mol. The van der Waals surface area contributed by atoms with E-state index in [0.29, 0.717) is 11.3 Å². The summed E-state index contributed by atoms with van der Waals surface area (Å²) in [6, 6.07) is 22.5. The summed E-state index contributed by atoms with van der Waals surface area (Å²) in [5.41, 5.74) is 1.66. The number of rotatable bonds is 6. The Balaban J connectivity index is 1.45. The fourth-order valence-electron chi connectivity index (χ4n) is 3.17. The van der Waals surface area contributed by atoms with Crippen molar-refractivity contribution < 1.29 is 13.2 Å². The second-order valence-corrected chi connectivity index (χ2v) is 9.64. The first kappa shape index (κ1) is 19.7. The van der Waals surface area contributed by atoms with Crippen LogP contribution in [-0.2, 0) is 15.6 Å². The van der Waals surface area contributed by atoms with E-state index in [1.807, 2.05) is 24.3 Å². The lowest BCUT2D eigenvalue weighted by atomic mass is 10.0. The van der Waals surface area contributed by atoms with Gasteiger partial charge in [0.15, 0.2) is 0 Å². The van der Waals surface area contributed by atoms with E-state index < -0.39 is 10.0 Å². The minimum absolute atomic E-state index is 0.178. The van der Waals surface area contributed by atoms with Crippen LogP contribution in [0.1, 0.15) is 28.8 Å². The van der Waals surface area contributed by atoms with E-state index >= 15 is 0 Å². The van der Waals surface area contributed by atoms with Gasteiger partial charge >= 0.3 is 0 Å². The van der Waals surface area contributed by atoms with Gasteiger partial charge in [-0.2, -0.15) is 0 Å². The van der Waals surface area contributed by atoms with Crippen LogP contribution in [0.4, 0.5) is 5.69 Å². The van der Waals surface area contributed by atoms with Gasteiger partial charge in [0, 0.05) is 15.7 Å². The molecule has 29 heavy (non-hydrogen) atoms. The van der Waals surface area contributed by atoms with E-state index in [1.54, 1.807) is 42.5 Å². The summed E-state index contributed by atoms with van der Waals surface area (Å²) in [5.74, 6) is -0.178. The van der Waals surface area contributed by atoms with Gasteiger partial charge in [0.1, 0.15) is 0 Å². The maximum atomic E-state index is 12.7. The van der Waals surface area contributed by atoms with Crippen LogP contribution in [0, 0.1) is 0 Å². The smallest absolute Gasteiger partial charge is 0.261 e. The zero-order valence-corrected chi connectivity index (χ0v) is 17.8. The molecule has 0 radical (unpaired) electrons. The summed E-state index contributed by atoms with van der Waals surface area (Å²) in [4.78, 5) is 12.9. The first-order valence-corrected chi connectivity index (χ1v) is 11.4. The minimum atomic E-state index is -3.66. The molecule has 0 bridgehead atoms. The number of carbonyl (C=O) groups is 1. The molecule has 0 atom stereocenters. The number of halogens is 1. The third-order valence-corrected chi connectivity index (χ3v) is 6.88. The molecule has 0 saturated heterocycles. The molecular weight excluding hydrogens is 452 g/mol. The summed E-state index contributed by atoms with van der Waals surface area (Å²) in [5, 5.41) is 3.12. The van der Waals surface area contributed by atoms with Crippen LogP contribution in [-0.4, -0.2) is 14.3 Å². The summed E-state index contributed by atoms with van der Waals surface area (Å²) in [6.45, 7) is 0. The normalized spacial score (nSPS) is 14.8. The van der Waals surface area contributed by atoms with Crippen LogP contribution >= 0.6 is 15.9 Å². The molecule has 0 heterocycles. The molecule has 1 aliphatic rings. The summed E-state index contributed by atoms with van der Waals surface area (Å²) in [7, 11) is -3.66. The molecule has 1 amide bonds. The topological polar surface area (TPSA) is 75.3 Å². The predicted molar refractivity (Wildman–Crippen MR) is 116 cm³/mol. The molecule has 7 heteroatoms. The van der Waals surface area contributed by atoms with Crippen LogP contribution in [0.5, 0.6) is 0 Å². The van der Waals surface area contributed by atoms with E-state index in [9.17, 15) is 13.2 Å². The SMILES string of the molecule is O=C(NC1(c2ccc(Br)cc2)CC1)c1ccc(NS(=O)(=O)c2ccccc2)cc1. The Morgan fingerprint density at radius 3 is 2.07 bits per heavy atom.